The highest BCUT2D eigenvalue weighted by Gasteiger charge is 2.32. The van der Waals surface area contributed by atoms with Crippen LogP contribution in [0.4, 0.5) is 0 Å². The van der Waals surface area contributed by atoms with Crippen LogP contribution in [0, 0.1) is 0 Å². The topological polar surface area (TPSA) is 80.6 Å². The Hall–Kier alpha value is -1.73. The molecule has 0 atom stereocenters. The minimum Gasteiger partial charge on any atom is -0.546 e. The Morgan fingerprint density at radius 2 is 1.24 bits per heavy atom. The zero-order valence-corrected chi connectivity index (χ0v) is 22.1. The predicted octanol–water partition coefficient (Wildman–Crippen LogP) is 4.06. The Kier molecular flexibility index (Phi) is 15.9. The predicted molar refractivity (Wildman–Crippen MR) is 138 cm³/mol. The first-order valence-electron chi connectivity index (χ1n) is 11.8. The summed E-state index contributed by atoms with van der Waals surface area (Å²) in [5.41, 5.74) is -1.54. The Morgan fingerprint density at radius 3 is 1.64 bits per heavy atom. The lowest BCUT2D eigenvalue weighted by molar-refractivity contribution is -0.890. The number of hydrogen-bond acceptors (Lipinski definition) is 4. The fourth-order valence-corrected chi connectivity index (χ4v) is 3.64. The van der Waals surface area contributed by atoms with E-state index in [2.05, 4.69) is 21.0 Å². The summed E-state index contributed by atoms with van der Waals surface area (Å²) in [6, 6.07) is 16.4. The molecule has 0 unspecified atom stereocenters. The van der Waals surface area contributed by atoms with E-state index in [-0.39, 0.29) is 28.1 Å². The van der Waals surface area contributed by atoms with Crippen LogP contribution in [0.15, 0.2) is 60.7 Å². The average molecular weight is 525 g/mol. The molecule has 2 rings (SSSR count). The van der Waals surface area contributed by atoms with Crippen LogP contribution in [0.5, 0.6) is 0 Å². The van der Waals surface area contributed by atoms with Gasteiger partial charge in [0.25, 0.3) is 0 Å². The van der Waals surface area contributed by atoms with Crippen molar-refractivity contribution in [3.8, 4) is 0 Å². The molecule has 0 aliphatic heterocycles. The first-order chi connectivity index (χ1) is 15.3. The molecule has 2 aromatic rings. The van der Waals surface area contributed by atoms with Crippen molar-refractivity contribution in [1.29, 1.82) is 0 Å². The number of rotatable bonds is 13. The molecule has 0 saturated carbocycles. The van der Waals surface area contributed by atoms with Crippen molar-refractivity contribution in [2.24, 2.45) is 0 Å². The monoisotopic (exact) mass is 523 g/mol. The number of likely N-dealkylation sites (N-methyl/N-ethyl adjacent to an activating group) is 1. The summed E-state index contributed by atoms with van der Waals surface area (Å²) < 4.78 is 0.964. The first kappa shape index (κ1) is 31.3. The van der Waals surface area contributed by atoms with Crippen LogP contribution in [0.25, 0.3) is 0 Å². The van der Waals surface area contributed by atoms with E-state index in [1.54, 1.807) is 60.7 Å². The average Bonchev–Trinajstić information content (AvgIpc) is 2.79. The highest BCUT2D eigenvalue weighted by molar-refractivity contribution is 8.93. The van der Waals surface area contributed by atoms with Gasteiger partial charge in [0, 0.05) is 0 Å². The van der Waals surface area contributed by atoms with E-state index < -0.39 is 11.6 Å². The summed E-state index contributed by atoms with van der Waals surface area (Å²) in [5, 5.41) is 30.5. The summed E-state index contributed by atoms with van der Waals surface area (Å²) in [4.78, 5) is 11.3. The lowest BCUT2D eigenvalue weighted by Crippen LogP contribution is -2.46. The van der Waals surface area contributed by atoms with Gasteiger partial charge in [-0.2, -0.15) is 0 Å². The molecular formula is C27H42BrNO4. The Balaban J connectivity index is 0.000000609. The summed E-state index contributed by atoms with van der Waals surface area (Å²) in [6.07, 6.45) is 9.59. The van der Waals surface area contributed by atoms with E-state index in [0.717, 1.165) is 11.0 Å². The van der Waals surface area contributed by atoms with Gasteiger partial charge in [-0.25, -0.2) is 0 Å². The van der Waals surface area contributed by atoms with Crippen molar-refractivity contribution in [1.82, 2.24) is 0 Å². The van der Waals surface area contributed by atoms with E-state index in [4.69, 9.17) is 5.11 Å². The van der Waals surface area contributed by atoms with Gasteiger partial charge >= 0.3 is 0 Å². The maximum Gasteiger partial charge on any atom is 0.154 e. The van der Waals surface area contributed by atoms with Gasteiger partial charge in [0.2, 0.25) is 0 Å². The van der Waals surface area contributed by atoms with Crippen molar-refractivity contribution in [3.05, 3.63) is 71.8 Å². The molecule has 0 bridgehead atoms. The minimum atomic E-state index is -2.11. The molecule has 0 aromatic heterocycles. The number of quaternary nitrogens is 1. The lowest BCUT2D eigenvalue weighted by atomic mass is 9.86. The molecule has 0 fully saturated rings. The van der Waals surface area contributed by atoms with Crippen molar-refractivity contribution in [3.63, 3.8) is 0 Å². The largest absolute Gasteiger partial charge is 0.546 e. The van der Waals surface area contributed by atoms with Crippen LogP contribution >= 0.6 is 17.0 Å². The number of carbonyl (C=O) groups excluding carboxylic acids is 1. The number of aliphatic hydroxyl groups excluding tert-OH is 1. The quantitative estimate of drug-likeness (QED) is 0.306. The molecule has 0 amide bonds. The third-order valence-corrected chi connectivity index (χ3v) is 5.75. The molecular weight excluding hydrogens is 482 g/mol. The molecule has 0 aliphatic carbocycles. The van der Waals surface area contributed by atoms with Crippen LogP contribution in [-0.2, 0) is 10.4 Å². The number of carboxylic acid groups (broad SMARTS) is 1. The smallest absolute Gasteiger partial charge is 0.154 e. The normalized spacial score (nSPS) is 11.2. The van der Waals surface area contributed by atoms with Gasteiger partial charge in [-0.15, -0.1) is 17.0 Å². The maximum atomic E-state index is 11.3. The van der Waals surface area contributed by atoms with Gasteiger partial charge in [0.15, 0.2) is 5.60 Å². The van der Waals surface area contributed by atoms with Crippen molar-refractivity contribution in [2.75, 3.05) is 33.8 Å². The highest BCUT2D eigenvalue weighted by Crippen LogP contribution is 2.28. The number of halogens is 1. The van der Waals surface area contributed by atoms with Crippen molar-refractivity contribution < 1.29 is 24.6 Å². The van der Waals surface area contributed by atoms with E-state index in [1.165, 1.54) is 51.5 Å². The van der Waals surface area contributed by atoms with Gasteiger partial charge < -0.3 is 24.6 Å². The number of carbonyl (C=O) groups is 1. The van der Waals surface area contributed by atoms with Crippen LogP contribution in [-0.4, -0.2) is 54.5 Å². The van der Waals surface area contributed by atoms with Crippen molar-refractivity contribution >= 4 is 23.0 Å². The molecule has 0 saturated heterocycles. The summed E-state index contributed by atoms with van der Waals surface area (Å²) in [5.74, 6) is -1.53. The van der Waals surface area contributed by atoms with Gasteiger partial charge in [-0.05, 0) is 24.0 Å². The molecule has 33 heavy (non-hydrogen) atoms. The summed E-state index contributed by atoms with van der Waals surface area (Å²) >= 11 is 0. The van der Waals surface area contributed by atoms with E-state index >= 15 is 0 Å². The standard InChI is InChI=1S/C14H12O3.C13H30NO.BrH/c15-13(16)14(17,11-7-3-1-4-8-11)12-9-5-2-6-10-12;1-4-5-6-7-8-9-10-11-14(2,3)12-13-15;/h1-10,17H,(H,15,16);15H,4-13H2,1-3H3;1H/q;+1;/p-1. The fraction of sp³-hybridized carbons (Fsp3) is 0.519. The van der Waals surface area contributed by atoms with E-state index in [0.29, 0.717) is 6.61 Å². The third kappa shape index (κ3) is 11.3. The first-order valence-corrected chi connectivity index (χ1v) is 11.8. The Morgan fingerprint density at radius 1 is 0.818 bits per heavy atom. The summed E-state index contributed by atoms with van der Waals surface area (Å²) in [7, 11) is 4.40. The molecule has 6 heteroatoms. The zero-order valence-electron chi connectivity index (χ0n) is 20.4. The maximum absolute atomic E-state index is 11.3. The molecule has 2 N–H and O–H groups in total. The molecule has 5 nitrogen and oxygen atoms in total. The molecule has 2 aromatic carbocycles. The number of aliphatic carboxylic acids is 1. The van der Waals surface area contributed by atoms with Crippen LogP contribution in [0.1, 0.15) is 63.0 Å². The third-order valence-electron chi connectivity index (χ3n) is 5.75. The van der Waals surface area contributed by atoms with E-state index in [9.17, 15) is 15.0 Å². The van der Waals surface area contributed by atoms with Crippen LogP contribution in [0.2, 0.25) is 0 Å². The Bertz CT molecular complexity index is 714. The number of aliphatic hydroxyl groups is 2. The van der Waals surface area contributed by atoms with Gasteiger partial charge in [0.05, 0.1) is 33.2 Å². The lowest BCUT2D eigenvalue weighted by Gasteiger charge is -2.30. The number of unbranched alkanes of at least 4 members (excludes halogenated alkanes) is 6. The zero-order chi connectivity index (χ0) is 23.9. The Labute approximate surface area is 210 Å². The SMILES string of the molecule is Br.CCCCCCCCC[N+](C)(C)CCO.O=C([O-])C(O)(c1ccccc1)c1ccccc1. The van der Waals surface area contributed by atoms with E-state index in [1.807, 2.05) is 0 Å². The second-order valence-electron chi connectivity index (χ2n) is 8.96. The molecule has 0 heterocycles. The molecule has 0 radical (unpaired) electrons. The number of nitrogens with zero attached hydrogens (tertiary/aromatic N) is 1. The fourth-order valence-electron chi connectivity index (χ4n) is 3.64. The van der Waals surface area contributed by atoms with Crippen LogP contribution < -0.4 is 5.11 Å². The van der Waals surface area contributed by atoms with Crippen LogP contribution in [0.3, 0.4) is 0 Å². The van der Waals surface area contributed by atoms with Gasteiger partial charge in [-0.1, -0.05) is 99.7 Å². The number of hydrogen-bond donors (Lipinski definition) is 2. The molecule has 0 spiro atoms. The number of benzene rings is 2. The number of carboxylic acids is 1. The second-order valence-corrected chi connectivity index (χ2v) is 8.96. The molecule has 186 valence electrons. The van der Waals surface area contributed by atoms with Gasteiger partial charge in [-0.3, -0.25) is 0 Å². The van der Waals surface area contributed by atoms with Crippen molar-refractivity contribution in [2.45, 2.75) is 57.5 Å². The summed E-state index contributed by atoms with van der Waals surface area (Å²) in [6.45, 7) is 4.66. The van der Waals surface area contributed by atoms with Gasteiger partial charge in [0.1, 0.15) is 6.54 Å². The minimum absolute atomic E-state index is 0. The second kappa shape index (κ2) is 16.8. The highest BCUT2D eigenvalue weighted by atomic mass is 79.9. The molecule has 0 aliphatic rings.